The normalized spacial score (nSPS) is 18.3. The first kappa shape index (κ1) is 21.5. The molecule has 1 aliphatic rings. The van der Waals surface area contributed by atoms with Gasteiger partial charge in [0.1, 0.15) is 5.75 Å². The van der Waals surface area contributed by atoms with Crippen LogP contribution in [0.1, 0.15) is 31.0 Å². The molecule has 3 rings (SSSR count). The number of likely N-dealkylation sites (N-methyl/N-ethyl adjacent to an activating group) is 1. The summed E-state index contributed by atoms with van der Waals surface area (Å²) in [6.45, 7) is 7.11. The minimum Gasteiger partial charge on any atom is -0.872 e. The van der Waals surface area contributed by atoms with E-state index in [0.717, 1.165) is 13.1 Å². The fourth-order valence-electron chi connectivity index (χ4n) is 3.77. The summed E-state index contributed by atoms with van der Waals surface area (Å²) in [6.07, 6.45) is 3.00. The molecule has 0 bridgehead atoms. The minimum absolute atomic E-state index is 0.00841. The van der Waals surface area contributed by atoms with Gasteiger partial charge in [-0.1, -0.05) is 17.9 Å². The number of carbonyl (C=O) groups excluding carboxylic acids is 2. The van der Waals surface area contributed by atoms with E-state index in [-0.39, 0.29) is 5.57 Å². The number of carbonyl (C=O) groups is 2. The molecule has 1 amide bonds. The van der Waals surface area contributed by atoms with Gasteiger partial charge in [-0.3, -0.25) is 14.6 Å². The average Bonchev–Trinajstić information content (AvgIpc) is 3.04. The van der Waals surface area contributed by atoms with Crippen molar-refractivity contribution in [2.75, 3.05) is 33.3 Å². The molecule has 2 heterocycles. The van der Waals surface area contributed by atoms with Gasteiger partial charge in [0.05, 0.1) is 39.3 Å². The third-order valence-corrected chi connectivity index (χ3v) is 5.61. The number of quaternary nitrogens is 1. The first-order valence-electron chi connectivity index (χ1n) is 10.2. The summed E-state index contributed by atoms with van der Waals surface area (Å²) in [5, 5.41) is 13.2. The van der Waals surface area contributed by atoms with Gasteiger partial charge in [0.25, 0.3) is 5.91 Å². The Labute approximate surface area is 176 Å². The minimum atomic E-state index is -0.729. The van der Waals surface area contributed by atoms with Crippen molar-refractivity contribution < 1.29 is 24.3 Å². The molecule has 0 saturated carbocycles. The molecule has 7 nitrogen and oxygen atoms in total. The van der Waals surface area contributed by atoms with Crippen molar-refractivity contribution in [2.24, 2.45) is 0 Å². The Morgan fingerprint density at radius 2 is 1.73 bits per heavy atom. The van der Waals surface area contributed by atoms with Crippen molar-refractivity contribution in [3.8, 4) is 5.75 Å². The largest absolute Gasteiger partial charge is 0.872 e. The van der Waals surface area contributed by atoms with Gasteiger partial charge in [0.2, 0.25) is 5.78 Å². The zero-order valence-electron chi connectivity index (χ0n) is 17.6. The van der Waals surface area contributed by atoms with E-state index < -0.39 is 23.5 Å². The van der Waals surface area contributed by atoms with Crippen LogP contribution in [0.4, 0.5) is 0 Å². The van der Waals surface area contributed by atoms with E-state index in [2.05, 4.69) is 18.8 Å². The number of hydrogen-bond donors (Lipinski definition) is 1. The number of hydrogen-bond acceptors (Lipinski definition) is 5. The molecular weight excluding hydrogens is 382 g/mol. The molecule has 1 saturated heterocycles. The Hall–Kier alpha value is -3.19. The molecule has 1 fully saturated rings. The summed E-state index contributed by atoms with van der Waals surface area (Å²) in [4.78, 5) is 32.6. The van der Waals surface area contributed by atoms with Crippen molar-refractivity contribution in [3.05, 3.63) is 65.5 Å². The fourth-order valence-corrected chi connectivity index (χ4v) is 3.77. The summed E-state index contributed by atoms with van der Waals surface area (Å²) in [6, 6.07) is 9.53. The summed E-state index contributed by atoms with van der Waals surface area (Å²) in [7, 11) is 1.57. The van der Waals surface area contributed by atoms with Gasteiger partial charge in [0.15, 0.2) is 0 Å². The highest BCUT2D eigenvalue weighted by molar-refractivity contribution is 6.46. The maximum atomic E-state index is 13.2. The summed E-state index contributed by atoms with van der Waals surface area (Å²) < 4.78 is 5.22. The second kappa shape index (κ2) is 9.54. The van der Waals surface area contributed by atoms with Crippen molar-refractivity contribution >= 4 is 17.4 Å². The van der Waals surface area contributed by atoms with Crippen molar-refractivity contribution in [1.29, 1.82) is 0 Å². The molecule has 1 unspecified atom stereocenters. The summed E-state index contributed by atoms with van der Waals surface area (Å²) >= 11 is 0. The first-order valence-corrected chi connectivity index (χ1v) is 10.2. The molecule has 0 radical (unpaired) electrons. The second-order valence-electron chi connectivity index (χ2n) is 7.19. The number of nitrogens with zero attached hydrogens (tertiary/aromatic N) is 2. The maximum Gasteiger partial charge on any atom is 0.295 e. The lowest BCUT2D eigenvalue weighted by atomic mass is 9.95. The number of nitrogens with one attached hydrogen (secondary N) is 1. The lowest BCUT2D eigenvalue weighted by Crippen LogP contribution is -3.12. The summed E-state index contributed by atoms with van der Waals surface area (Å²) in [5.41, 5.74) is 1.05. The zero-order valence-corrected chi connectivity index (χ0v) is 17.6. The number of aromatic nitrogens is 1. The Balaban J connectivity index is 2.07. The van der Waals surface area contributed by atoms with E-state index in [9.17, 15) is 14.7 Å². The van der Waals surface area contributed by atoms with Gasteiger partial charge in [-0.05, 0) is 49.2 Å². The van der Waals surface area contributed by atoms with Crippen molar-refractivity contribution in [1.82, 2.24) is 9.88 Å². The van der Waals surface area contributed by atoms with Gasteiger partial charge in [-0.15, -0.1) is 0 Å². The highest BCUT2D eigenvalue weighted by atomic mass is 16.5. The lowest BCUT2D eigenvalue weighted by molar-refractivity contribution is -0.895. The van der Waals surface area contributed by atoms with Crippen LogP contribution in [0.5, 0.6) is 5.75 Å². The number of ether oxygens (including phenoxy) is 1. The van der Waals surface area contributed by atoms with Gasteiger partial charge in [-0.25, -0.2) is 0 Å². The number of Topliss-reactive ketones (excluding diaryl/α,β-unsaturated/α-hetero) is 1. The Morgan fingerprint density at radius 1 is 1.10 bits per heavy atom. The number of pyridine rings is 1. The highest BCUT2D eigenvalue weighted by Gasteiger charge is 2.44. The van der Waals surface area contributed by atoms with Crippen LogP contribution in [-0.2, 0) is 9.59 Å². The van der Waals surface area contributed by atoms with Crippen LogP contribution in [0.2, 0.25) is 0 Å². The average molecular weight is 409 g/mol. The van der Waals surface area contributed by atoms with E-state index in [4.69, 9.17) is 4.74 Å². The molecule has 0 aliphatic carbocycles. The maximum absolute atomic E-state index is 13.2. The molecular formula is C23H27N3O4. The highest BCUT2D eigenvalue weighted by Crippen LogP contribution is 2.38. The van der Waals surface area contributed by atoms with Gasteiger partial charge >= 0.3 is 0 Å². The fraction of sp³-hybridized carbons (Fsp3) is 0.348. The topological polar surface area (TPSA) is 87.0 Å². The number of ketones is 1. The van der Waals surface area contributed by atoms with E-state index in [1.807, 2.05) is 0 Å². The van der Waals surface area contributed by atoms with E-state index in [0.29, 0.717) is 30.0 Å². The van der Waals surface area contributed by atoms with Crippen LogP contribution in [0.15, 0.2) is 54.4 Å². The number of methoxy groups -OCH3 is 1. The number of amides is 1. The first-order chi connectivity index (χ1) is 14.5. The van der Waals surface area contributed by atoms with E-state index >= 15 is 0 Å². The molecule has 1 atom stereocenters. The van der Waals surface area contributed by atoms with Crippen LogP contribution >= 0.6 is 0 Å². The smallest absolute Gasteiger partial charge is 0.295 e. The van der Waals surface area contributed by atoms with Crippen LogP contribution in [0, 0.1) is 0 Å². The Bertz CT molecular complexity index is 921. The molecule has 1 aliphatic heterocycles. The zero-order chi connectivity index (χ0) is 21.7. The van der Waals surface area contributed by atoms with Crippen LogP contribution in [-0.4, -0.2) is 54.9 Å². The molecule has 158 valence electrons. The number of rotatable bonds is 8. The second-order valence-corrected chi connectivity index (χ2v) is 7.19. The van der Waals surface area contributed by atoms with E-state index in [1.165, 1.54) is 22.2 Å². The molecule has 0 spiro atoms. The van der Waals surface area contributed by atoms with Crippen molar-refractivity contribution in [3.63, 3.8) is 0 Å². The SMILES string of the molecule is CC[NH+](CC)CCN1C(=O)C(=O)C(=C([O-])c2ccncc2)C1c1ccc(OC)cc1. The standard InChI is InChI=1S/C23H27N3O4/c1-4-25(5-2)14-15-26-20(16-6-8-18(30-3)9-7-16)19(22(28)23(26)29)21(27)17-10-12-24-13-11-17/h6-13,20,27H,4-5,14-15H2,1-3H3. The third kappa shape index (κ3) is 4.21. The van der Waals surface area contributed by atoms with Crippen molar-refractivity contribution in [2.45, 2.75) is 19.9 Å². The number of benzene rings is 1. The molecule has 2 aromatic rings. The molecule has 1 aromatic carbocycles. The summed E-state index contributed by atoms with van der Waals surface area (Å²) in [5.74, 6) is -1.13. The molecule has 30 heavy (non-hydrogen) atoms. The van der Waals surface area contributed by atoms with Crippen LogP contribution in [0.25, 0.3) is 5.76 Å². The Kier molecular flexibility index (Phi) is 6.84. The predicted octanol–water partition coefficient (Wildman–Crippen LogP) is 0.239. The lowest BCUT2D eigenvalue weighted by Gasteiger charge is -2.28. The molecule has 1 aromatic heterocycles. The number of likely N-dealkylation sites (tertiary alicyclic amines) is 1. The van der Waals surface area contributed by atoms with Crippen LogP contribution in [0.3, 0.4) is 0 Å². The van der Waals surface area contributed by atoms with Gasteiger partial charge in [0, 0.05) is 18.0 Å². The third-order valence-electron chi connectivity index (χ3n) is 5.61. The van der Waals surface area contributed by atoms with Gasteiger partial charge in [-0.2, -0.15) is 0 Å². The predicted molar refractivity (Wildman–Crippen MR) is 111 cm³/mol. The molecule has 1 N–H and O–H groups in total. The van der Waals surface area contributed by atoms with E-state index in [1.54, 1.807) is 43.5 Å². The monoisotopic (exact) mass is 409 g/mol. The Morgan fingerprint density at radius 3 is 2.30 bits per heavy atom. The molecule has 7 heteroatoms. The quantitative estimate of drug-likeness (QED) is 0.383. The van der Waals surface area contributed by atoms with Gasteiger partial charge < -0.3 is 19.6 Å². The van der Waals surface area contributed by atoms with Crippen LogP contribution < -0.4 is 14.7 Å².